The molecule has 146 valence electrons. The zero-order chi connectivity index (χ0) is 20.3. The normalized spacial score (nSPS) is 10.9. The van der Waals surface area contributed by atoms with Crippen molar-refractivity contribution < 1.29 is 4.79 Å². The third-order valence-electron chi connectivity index (χ3n) is 4.28. The minimum atomic E-state index is -0.0304. The molecular formula is C20H20Cl2N4OS. The number of aromatic nitrogens is 3. The molecule has 1 heterocycles. The topological polar surface area (TPSA) is 51.0 Å². The third-order valence-corrected chi connectivity index (χ3v) is 6.05. The largest absolute Gasteiger partial charge is 0.341 e. The molecule has 0 radical (unpaired) electrons. The van der Waals surface area contributed by atoms with E-state index in [4.69, 9.17) is 23.2 Å². The molecule has 2 aromatic carbocycles. The van der Waals surface area contributed by atoms with Crippen molar-refractivity contribution in [3.8, 4) is 5.69 Å². The van der Waals surface area contributed by atoms with E-state index in [1.54, 1.807) is 18.0 Å². The van der Waals surface area contributed by atoms with Crippen molar-refractivity contribution in [3.05, 3.63) is 69.5 Å². The summed E-state index contributed by atoms with van der Waals surface area (Å²) in [5, 5.41) is 10.0. The van der Waals surface area contributed by atoms with Crippen molar-refractivity contribution in [2.24, 2.45) is 0 Å². The fraction of sp³-hybridized carbons (Fsp3) is 0.250. The van der Waals surface area contributed by atoms with Gasteiger partial charge in [0.05, 0.1) is 15.8 Å². The number of hydrogen-bond donors (Lipinski definition) is 0. The first-order valence-electron chi connectivity index (χ1n) is 8.65. The van der Waals surface area contributed by atoms with Crippen molar-refractivity contribution in [3.63, 3.8) is 0 Å². The Hall–Kier alpha value is -2.02. The molecule has 0 saturated carbocycles. The molecule has 28 heavy (non-hydrogen) atoms. The van der Waals surface area contributed by atoms with Crippen LogP contribution in [0.15, 0.2) is 47.6 Å². The SMILES string of the molecule is Cc1ccc(-n2c(C)nnc2SCC(=O)N(C)Cc2cccc(Cl)c2Cl)cc1. The number of aryl methyl sites for hydroxylation is 2. The highest BCUT2D eigenvalue weighted by Crippen LogP contribution is 2.27. The molecule has 8 heteroatoms. The summed E-state index contributed by atoms with van der Waals surface area (Å²) in [6.45, 7) is 4.33. The highest BCUT2D eigenvalue weighted by atomic mass is 35.5. The minimum Gasteiger partial charge on any atom is -0.341 e. The highest BCUT2D eigenvalue weighted by molar-refractivity contribution is 7.99. The van der Waals surface area contributed by atoms with Crippen molar-refractivity contribution in [2.45, 2.75) is 25.5 Å². The average molecular weight is 435 g/mol. The lowest BCUT2D eigenvalue weighted by molar-refractivity contribution is -0.127. The molecule has 5 nitrogen and oxygen atoms in total. The number of hydrogen-bond acceptors (Lipinski definition) is 4. The molecule has 3 aromatic rings. The van der Waals surface area contributed by atoms with Crippen LogP contribution in [0, 0.1) is 13.8 Å². The fourth-order valence-electron chi connectivity index (χ4n) is 2.68. The Morgan fingerprint density at radius 3 is 2.54 bits per heavy atom. The Morgan fingerprint density at radius 2 is 1.82 bits per heavy atom. The van der Waals surface area contributed by atoms with Gasteiger partial charge in [-0.15, -0.1) is 10.2 Å². The number of amides is 1. The van der Waals surface area contributed by atoms with Gasteiger partial charge in [-0.25, -0.2) is 0 Å². The smallest absolute Gasteiger partial charge is 0.233 e. The van der Waals surface area contributed by atoms with Crippen LogP contribution in [0.25, 0.3) is 5.69 Å². The number of thioether (sulfide) groups is 1. The van der Waals surface area contributed by atoms with Crippen molar-refractivity contribution in [2.75, 3.05) is 12.8 Å². The standard InChI is InChI=1S/C20H20Cl2N4OS/c1-13-7-9-16(10-8-13)26-14(2)23-24-20(26)28-12-18(27)25(3)11-15-5-4-6-17(21)19(15)22/h4-10H,11-12H2,1-3H3. The Kier molecular flexibility index (Phi) is 6.65. The Bertz CT molecular complexity index is 988. The van der Waals surface area contributed by atoms with Crippen LogP contribution >= 0.6 is 35.0 Å². The number of halogens is 2. The molecule has 0 atom stereocenters. The van der Waals surface area contributed by atoms with Crippen molar-refractivity contribution >= 4 is 40.9 Å². The minimum absolute atomic E-state index is 0.0304. The first-order chi connectivity index (χ1) is 13.4. The summed E-state index contributed by atoms with van der Waals surface area (Å²) < 4.78 is 1.95. The first-order valence-corrected chi connectivity index (χ1v) is 10.4. The number of nitrogens with zero attached hydrogens (tertiary/aromatic N) is 4. The number of carbonyl (C=O) groups is 1. The van der Waals surface area contributed by atoms with E-state index in [0.29, 0.717) is 21.7 Å². The maximum atomic E-state index is 12.6. The Morgan fingerprint density at radius 1 is 1.11 bits per heavy atom. The zero-order valence-corrected chi connectivity index (χ0v) is 18.1. The Balaban J connectivity index is 1.68. The second-order valence-corrected chi connectivity index (χ2v) is 8.18. The monoisotopic (exact) mass is 434 g/mol. The van der Waals surface area contributed by atoms with E-state index in [2.05, 4.69) is 10.2 Å². The van der Waals surface area contributed by atoms with Gasteiger partial charge in [-0.3, -0.25) is 9.36 Å². The Labute approximate surface area is 178 Å². The van der Waals surface area contributed by atoms with Gasteiger partial charge in [-0.05, 0) is 37.6 Å². The molecule has 0 spiro atoms. The molecule has 3 rings (SSSR count). The van der Waals surface area contributed by atoms with Crippen molar-refractivity contribution in [1.29, 1.82) is 0 Å². The van der Waals surface area contributed by atoms with Gasteiger partial charge in [0.1, 0.15) is 5.82 Å². The maximum absolute atomic E-state index is 12.6. The lowest BCUT2D eigenvalue weighted by Crippen LogP contribution is -2.28. The van der Waals surface area contributed by atoms with E-state index in [-0.39, 0.29) is 11.7 Å². The molecular weight excluding hydrogens is 415 g/mol. The second kappa shape index (κ2) is 8.99. The van der Waals surface area contributed by atoms with E-state index in [9.17, 15) is 4.79 Å². The number of carbonyl (C=O) groups excluding carboxylic acids is 1. The van der Waals surface area contributed by atoms with Crippen molar-refractivity contribution in [1.82, 2.24) is 19.7 Å². The van der Waals surface area contributed by atoms with Gasteiger partial charge in [0, 0.05) is 19.3 Å². The number of benzene rings is 2. The molecule has 1 amide bonds. The molecule has 0 aliphatic heterocycles. The molecule has 0 bridgehead atoms. The summed E-state index contributed by atoms with van der Waals surface area (Å²) in [6.07, 6.45) is 0. The van der Waals surface area contributed by atoms with E-state index >= 15 is 0 Å². The van der Waals surface area contributed by atoms with Crippen LogP contribution in [-0.2, 0) is 11.3 Å². The average Bonchev–Trinajstić information content (AvgIpc) is 3.04. The van der Waals surface area contributed by atoms with Gasteiger partial charge < -0.3 is 4.90 Å². The third kappa shape index (κ3) is 4.69. The van der Waals surface area contributed by atoms with Crippen LogP contribution in [0.5, 0.6) is 0 Å². The van der Waals surface area contributed by atoms with Crippen LogP contribution in [0.2, 0.25) is 10.0 Å². The molecule has 0 fully saturated rings. The summed E-state index contributed by atoms with van der Waals surface area (Å²) in [7, 11) is 1.75. The lowest BCUT2D eigenvalue weighted by atomic mass is 10.2. The van der Waals surface area contributed by atoms with Gasteiger partial charge in [-0.2, -0.15) is 0 Å². The van der Waals surface area contributed by atoms with E-state index in [0.717, 1.165) is 17.1 Å². The lowest BCUT2D eigenvalue weighted by Gasteiger charge is -2.18. The van der Waals surface area contributed by atoms with Gasteiger partial charge >= 0.3 is 0 Å². The van der Waals surface area contributed by atoms with Gasteiger partial charge in [-0.1, -0.05) is 64.8 Å². The van der Waals surface area contributed by atoms with Gasteiger partial charge in [0.25, 0.3) is 0 Å². The van der Waals surface area contributed by atoms with Crippen LogP contribution in [0.3, 0.4) is 0 Å². The molecule has 0 aliphatic carbocycles. The fourth-order valence-corrected chi connectivity index (χ4v) is 4.00. The molecule has 1 aromatic heterocycles. The summed E-state index contributed by atoms with van der Waals surface area (Å²) in [4.78, 5) is 14.2. The molecule has 0 aliphatic rings. The second-order valence-electron chi connectivity index (χ2n) is 6.45. The van der Waals surface area contributed by atoms with Crippen LogP contribution in [-0.4, -0.2) is 38.4 Å². The molecule has 0 unspecified atom stereocenters. The van der Waals surface area contributed by atoms with E-state index in [1.807, 2.05) is 54.8 Å². The summed E-state index contributed by atoms with van der Waals surface area (Å²) >= 11 is 13.6. The van der Waals surface area contributed by atoms with Gasteiger partial charge in [0.15, 0.2) is 5.16 Å². The molecule has 0 saturated heterocycles. The summed E-state index contributed by atoms with van der Waals surface area (Å²) in [6, 6.07) is 13.5. The first kappa shape index (κ1) is 20.7. The summed E-state index contributed by atoms with van der Waals surface area (Å²) in [5.41, 5.74) is 2.97. The number of rotatable bonds is 6. The predicted octanol–water partition coefficient (Wildman–Crippen LogP) is 4.94. The van der Waals surface area contributed by atoms with Gasteiger partial charge in [0.2, 0.25) is 5.91 Å². The zero-order valence-electron chi connectivity index (χ0n) is 15.8. The highest BCUT2D eigenvalue weighted by Gasteiger charge is 2.16. The van der Waals surface area contributed by atoms with E-state index < -0.39 is 0 Å². The van der Waals surface area contributed by atoms with Crippen LogP contribution in [0.1, 0.15) is 17.0 Å². The quantitative estimate of drug-likeness (QED) is 0.515. The summed E-state index contributed by atoms with van der Waals surface area (Å²) in [5.74, 6) is 0.994. The molecule has 0 N–H and O–H groups in total. The van der Waals surface area contributed by atoms with Crippen LogP contribution < -0.4 is 0 Å². The van der Waals surface area contributed by atoms with E-state index in [1.165, 1.54) is 17.3 Å². The maximum Gasteiger partial charge on any atom is 0.233 e. The predicted molar refractivity (Wildman–Crippen MR) is 114 cm³/mol. The van der Waals surface area contributed by atoms with Crippen LogP contribution in [0.4, 0.5) is 0 Å².